The lowest BCUT2D eigenvalue weighted by atomic mass is 10.2. The summed E-state index contributed by atoms with van der Waals surface area (Å²) in [5, 5.41) is 3.17. The quantitative estimate of drug-likeness (QED) is 0.904. The SMILES string of the molecule is CC(C)COC(=O)Nc1cc(Cl)ccc1Br. The zero-order valence-corrected chi connectivity index (χ0v) is 11.4. The molecule has 5 heteroatoms. The standard InChI is InChI=1S/C11H13BrClNO2/c1-7(2)6-16-11(15)14-10-5-8(13)3-4-9(10)12/h3-5,7H,6H2,1-2H3,(H,14,15). The summed E-state index contributed by atoms with van der Waals surface area (Å²) in [5.41, 5.74) is 0.598. The van der Waals surface area contributed by atoms with Crippen LogP contribution in [0.2, 0.25) is 5.02 Å². The minimum atomic E-state index is -0.475. The topological polar surface area (TPSA) is 38.3 Å². The molecule has 1 amide bonds. The summed E-state index contributed by atoms with van der Waals surface area (Å²) >= 11 is 9.12. The van der Waals surface area contributed by atoms with Gasteiger partial charge in [-0.1, -0.05) is 25.4 Å². The van der Waals surface area contributed by atoms with E-state index in [1.165, 1.54) is 0 Å². The van der Waals surface area contributed by atoms with E-state index in [1.54, 1.807) is 18.2 Å². The van der Waals surface area contributed by atoms with Crippen LogP contribution >= 0.6 is 27.5 Å². The Morgan fingerprint density at radius 1 is 1.56 bits per heavy atom. The van der Waals surface area contributed by atoms with E-state index in [9.17, 15) is 4.79 Å². The summed E-state index contributed by atoms with van der Waals surface area (Å²) in [4.78, 5) is 11.4. The molecule has 0 aliphatic carbocycles. The number of nitrogens with one attached hydrogen (secondary N) is 1. The predicted molar refractivity (Wildman–Crippen MR) is 69.0 cm³/mol. The molecule has 0 fully saturated rings. The van der Waals surface area contributed by atoms with E-state index in [4.69, 9.17) is 16.3 Å². The van der Waals surface area contributed by atoms with Crippen LogP contribution < -0.4 is 5.32 Å². The molecule has 1 rings (SSSR count). The number of carbonyl (C=O) groups is 1. The molecule has 0 spiro atoms. The minimum Gasteiger partial charge on any atom is -0.449 e. The Hall–Kier alpha value is -0.740. The number of benzene rings is 1. The molecule has 1 aromatic carbocycles. The molecule has 0 bridgehead atoms. The molecule has 1 aromatic rings. The van der Waals surface area contributed by atoms with Crippen molar-refractivity contribution in [3.05, 3.63) is 27.7 Å². The maximum Gasteiger partial charge on any atom is 0.411 e. The van der Waals surface area contributed by atoms with Gasteiger partial charge in [0.15, 0.2) is 0 Å². The van der Waals surface area contributed by atoms with Gasteiger partial charge in [-0.05, 0) is 40.0 Å². The summed E-state index contributed by atoms with van der Waals surface area (Å²) in [5.74, 6) is 0.313. The number of amides is 1. The normalized spacial score (nSPS) is 10.3. The maximum atomic E-state index is 11.4. The van der Waals surface area contributed by atoms with Gasteiger partial charge in [-0.3, -0.25) is 5.32 Å². The number of hydrogen-bond acceptors (Lipinski definition) is 2. The molecule has 0 saturated heterocycles. The van der Waals surface area contributed by atoms with Gasteiger partial charge in [0.25, 0.3) is 0 Å². The molecule has 0 atom stereocenters. The lowest BCUT2D eigenvalue weighted by Gasteiger charge is -2.10. The van der Waals surface area contributed by atoms with Crippen molar-refractivity contribution >= 4 is 39.3 Å². The second-order valence-electron chi connectivity index (χ2n) is 3.74. The van der Waals surface area contributed by atoms with E-state index in [-0.39, 0.29) is 0 Å². The van der Waals surface area contributed by atoms with E-state index in [0.29, 0.717) is 23.2 Å². The van der Waals surface area contributed by atoms with Gasteiger partial charge in [-0.2, -0.15) is 0 Å². The fraction of sp³-hybridized carbons (Fsp3) is 0.364. The van der Waals surface area contributed by atoms with Crippen LogP contribution in [-0.4, -0.2) is 12.7 Å². The zero-order chi connectivity index (χ0) is 12.1. The summed E-state index contributed by atoms with van der Waals surface area (Å²) in [6, 6.07) is 5.15. The fourth-order valence-corrected chi connectivity index (χ4v) is 1.50. The van der Waals surface area contributed by atoms with Gasteiger partial charge in [0.1, 0.15) is 0 Å². The van der Waals surface area contributed by atoms with E-state index < -0.39 is 6.09 Å². The third kappa shape index (κ3) is 4.41. The van der Waals surface area contributed by atoms with Crippen LogP contribution in [0.3, 0.4) is 0 Å². The van der Waals surface area contributed by atoms with E-state index in [1.807, 2.05) is 13.8 Å². The van der Waals surface area contributed by atoms with Gasteiger partial charge in [0, 0.05) is 9.50 Å². The van der Waals surface area contributed by atoms with Crippen molar-refractivity contribution in [3.8, 4) is 0 Å². The van der Waals surface area contributed by atoms with E-state index in [2.05, 4.69) is 21.2 Å². The Kier molecular flexibility index (Phi) is 5.09. The highest BCUT2D eigenvalue weighted by atomic mass is 79.9. The van der Waals surface area contributed by atoms with Gasteiger partial charge in [0.05, 0.1) is 12.3 Å². The Balaban J connectivity index is 2.59. The van der Waals surface area contributed by atoms with Gasteiger partial charge in [-0.15, -0.1) is 0 Å². The average Bonchev–Trinajstić information content (AvgIpc) is 2.20. The Morgan fingerprint density at radius 2 is 2.25 bits per heavy atom. The second kappa shape index (κ2) is 6.11. The third-order valence-corrected chi connectivity index (χ3v) is 2.64. The summed E-state index contributed by atoms with van der Waals surface area (Å²) in [6.07, 6.45) is -0.475. The zero-order valence-electron chi connectivity index (χ0n) is 9.09. The summed E-state index contributed by atoms with van der Waals surface area (Å²) in [7, 11) is 0. The molecule has 3 nitrogen and oxygen atoms in total. The highest BCUT2D eigenvalue weighted by Crippen LogP contribution is 2.25. The Labute approximate surface area is 108 Å². The first-order valence-corrected chi connectivity index (χ1v) is 6.05. The van der Waals surface area contributed by atoms with Crippen molar-refractivity contribution in [1.29, 1.82) is 0 Å². The Morgan fingerprint density at radius 3 is 2.88 bits per heavy atom. The monoisotopic (exact) mass is 305 g/mol. The van der Waals surface area contributed by atoms with Crippen molar-refractivity contribution in [2.75, 3.05) is 11.9 Å². The molecule has 0 unspecified atom stereocenters. The number of halogens is 2. The van der Waals surface area contributed by atoms with Crippen LogP contribution in [0, 0.1) is 5.92 Å². The first-order chi connectivity index (χ1) is 7.49. The maximum absolute atomic E-state index is 11.4. The molecule has 0 saturated carbocycles. The molecular formula is C11H13BrClNO2. The van der Waals surface area contributed by atoms with Crippen molar-refractivity contribution in [3.63, 3.8) is 0 Å². The summed E-state index contributed by atoms with van der Waals surface area (Å²) < 4.78 is 5.75. The second-order valence-corrected chi connectivity index (χ2v) is 5.03. The smallest absolute Gasteiger partial charge is 0.411 e. The van der Waals surface area contributed by atoms with Crippen molar-refractivity contribution in [1.82, 2.24) is 0 Å². The van der Waals surface area contributed by atoms with Crippen LogP contribution in [0.4, 0.5) is 10.5 Å². The Bertz CT molecular complexity index is 382. The highest BCUT2D eigenvalue weighted by Gasteiger charge is 2.07. The van der Waals surface area contributed by atoms with Gasteiger partial charge < -0.3 is 4.74 Å². The van der Waals surface area contributed by atoms with Crippen LogP contribution in [-0.2, 0) is 4.74 Å². The van der Waals surface area contributed by atoms with Gasteiger partial charge in [-0.25, -0.2) is 4.79 Å². The van der Waals surface area contributed by atoms with Crippen LogP contribution in [0.1, 0.15) is 13.8 Å². The molecule has 0 aliphatic heterocycles. The highest BCUT2D eigenvalue weighted by molar-refractivity contribution is 9.10. The lowest BCUT2D eigenvalue weighted by molar-refractivity contribution is 0.147. The molecule has 0 aliphatic rings. The number of carbonyl (C=O) groups excluding carboxylic acids is 1. The number of hydrogen-bond donors (Lipinski definition) is 1. The van der Waals surface area contributed by atoms with E-state index >= 15 is 0 Å². The van der Waals surface area contributed by atoms with Crippen molar-refractivity contribution in [2.24, 2.45) is 5.92 Å². The molecule has 1 N–H and O–H groups in total. The summed E-state index contributed by atoms with van der Waals surface area (Å²) in [6.45, 7) is 4.34. The average molecular weight is 307 g/mol. The van der Waals surface area contributed by atoms with Crippen LogP contribution in [0.25, 0.3) is 0 Å². The van der Waals surface area contributed by atoms with Crippen molar-refractivity contribution in [2.45, 2.75) is 13.8 Å². The van der Waals surface area contributed by atoms with Gasteiger partial charge >= 0.3 is 6.09 Å². The minimum absolute atomic E-state index is 0.313. The van der Waals surface area contributed by atoms with Crippen LogP contribution in [0.5, 0.6) is 0 Å². The molecule has 0 heterocycles. The largest absolute Gasteiger partial charge is 0.449 e. The molecular weight excluding hydrogens is 293 g/mol. The number of rotatable bonds is 3. The lowest BCUT2D eigenvalue weighted by Crippen LogP contribution is -2.16. The predicted octanol–water partition coefficient (Wildman–Crippen LogP) is 4.31. The molecule has 88 valence electrons. The van der Waals surface area contributed by atoms with Crippen LogP contribution in [0.15, 0.2) is 22.7 Å². The third-order valence-electron chi connectivity index (χ3n) is 1.71. The van der Waals surface area contributed by atoms with Crippen molar-refractivity contribution < 1.29 is 9.53 Å². The first kappa shape index (κ1) is 13.3. The molecule has 16 heavy (non-hydrogen) atoms. The fourth-order valence-electron chi connectivity index (χ4n) is 0.982. The van der Waals surface area contributed by atoms with E-state index in [0.717, 1.165) is 4.47 Å². The molecule has 0 radical (unpaired) electrons. The number of anilines is 1. The number of ether oxygens (including phenoxy) is 1. The van der Waals surface area contributed by atoms with Gasteiger partial charge in [0.2, 0.25) is 0 Å². The first-order valence-electron chi connectivity index (χ1n) is 4.88. The molecule has 0 aromatic heterocycles.